The number of carbonyl (C=O) groups excluding carboxylic acids is 1. The molecule has 0 aromatic heterocycles. The molecule has 1 atom stereocenters. The Hall–Kier alpha value is -1.88. The van der Waals surface area contributed by atoms with Gasteiger partial charge in [-0.15, -0.1) is 0 Å². The second-order valence-electron chi connectivity index (χ2n) is 5.45. The van der Waals surface area contributed by atoms with E-state index in [2.05, 4.69) is 10.6 Å². The van der Waals surface area contributed by atoms with Gasteiger partial charge in [-0.3, -0.25) is 9.59 Å². The predicted molar refractivity (Wildman–Crippen MR) is 80.1 cm³/mol. The maximum Gasteiger partial charge on any atom is 0.312 e. The Morgan fingerprint density at radius 2 is 1.95 bits per heavy atom. The molecular formula is C16H22N2O3. The average Bonchev–Trinajstić information content (AvgIpc) is 3.27. The van der Waals surface area contributed by atoms with Crippen LogP contribution in [0.25, 0.3) is 0 Å². The Morgan fingerprint density at radius 3 is 2.57 bits per heavy atom. The molecule has 1 unspecified atom stereocenters. The molecule has 1 aliphatic rings. The van der Waals surface area contributed by atoms with Gasteiger partial charge in [0, 0.05) is 19.0 Å². The van der Waals surface area contributed by atoms with Crippen LogP contribution < -0.4 is 10.6 Å². The van der Waals surface area contributed by atoms with Gasteiger partial charge in [0.15, 0.2) is 0 Å². The molecule has 0 radical (unpaired) electrons. The van der Waals surface area contributed by atoms with Crippen molar-refractivity contribution in [2.45, 2.75) is 37.6 Å². The number of carboxylic acid groups (broad SMARTS) is 1. The predicted octanol–water partition coefficient (Wildman–Crippen LogP) is 1.50. The average molecular weight is 290 g/mol. The van der Waals surface area contributed by atoms with Crippen LogP contribution in [0.1, 0.15) is 37.2 Å². The fourth-order valence-corrected chi connectivity index (χ4v) is 2.18. The van der Waals surface area contributed by atoms with Crippen LogP contribution in [0.2, 0.25) is 0 Å². The van der Waals surface area contributed by atoms with Crippen molar-refractivity contribution in [1.82, 2.24) is 10.6 Å². The largest absolute Gasteiger partial charge is 0.481 e. The van der Waals surface area contributed by atoms with Crippen LogP contribution in [0.15, 0.2) is 30.3 Å². The highest BCUT2D eigenvalue weighted by Crippen LogP contribution is 2.18. The Bertz CT molecular complexity index is 472. The highest BCUT2D eigenvalue weighted by molar-refractivity contribution is 5.77. The van der Waals surface area contributed by atoms with E-state index in [0.717, 1.165) is 24.8 Å². The van der Waals surface area contributed by atoms with Crippen molar-refractivity contribution in [3.63, 3.8) is 0 Å². The minimum Gasteiger partial charge on any atom is -0.481 e. The van der Waals surface area contributed by atoms with Gasteiger partial charge >= 0.3 is 5.97 Å². The number of hydrogen-bond donors (Lipinski definition) is 3. The summed E-state index contributed by atoms with van der Waals surface area (Å²) in [5.74, 6) is -1.29. The monoisotopic (exact) mass is 290 g/mol. The van der Waals surface area contributed by atoms with Gasteiger partial charge in [-0.05, 0) is 31.4 Å². The molecule has 2 rings (SSSR count). The first kappa shape index (κ1) is 15.5. The summed E-state index contributed by atoms with van der Waals surface area (Å²) in [6.45, 7) is 1.03. The van der Waals surface area contributed by atoms with Crippen LogP contribution in [-0.4, -0.2) is 36.1 Å². The maximum absolute atomic E-state index is 11.5. The van der Waals surface area contributed by atoms with E-state index in [0.29, 0.717) is 25.6 Å². The van der Waals surface area contributed by atoms with Crippen LogP contribution in [0, 0.1) is 0 Å². The van der Waals surface area contributed by atoms with Crippen molar-refractivity contribution in [3.05, 3.63) is 35.9 Å². The van der Waals surface area contributed by atoms with Crippen molar-refractivity contribution in [2.75, 3.05) is 13.1 Å². The smallest absolute Gasteiger partial charge is 0.312 e. The fraction of sp³-hybridized carbons (Fsp3) is 0.500. The third-order valence-corrected chi connectivity index (χ3v) is 3.55. The minimum atomic E-state index is -0.833. The lowest BCUT2D eigenvalue weighted by atomic mass is 9.99. The van der Waals surface area contributed by atoms with Crippen LogP contribution in [0.4, 0.5) is 0 Å². The summed E-state index contributed by atoms with van der Waals surface area (Å²) in [7, 11) is 0. The molecule has 1 aromatic carbocycles. The number of rotatable bonds is 9. The third-order valence-electron chi connectivity index (χ3n) is 3.55. The zero-order valence-electron chi connectivity index (χ0n) is 12.0. The number of carboxylic acids is 1. The van der Waals surface area contributed by atoms with Crippen LogP contribution in [0.3, 0.4) is 0 Å². The third kappa shape index (κ3) is 5.55. The fourth-order valence-electron chi connectivity index (χ4n) is 2.18. The van der Waals surface area contributed by atoms with Crippen molar-refractivity contribution in [1.29, 1.82) is 0 Å². The highest BCUT2D eigenvalue weighted by atomic mass is 16.4. The normalized spacial score (nSPS) is 15.4. The Balaban J connectivity index is 1.65. The van der Waals surface area contributed by atoms with Crippen molar-refractivity contribution < 1.29 is 14.7 Å². The molecule has 0 bridgehead atoms. The second-order valence-corrected chi connectivity index (χ2v) is 5.45. The maximum atomic E-state index is 11.5. The lowest BCUT2D eigenvalue weighted by Gasteiger charge is -2.13. The van der Waals surface area contributed by atoms with Gasteiger partial charge in [-0.1, -0.05) is 30.3 Å². The molecule has 0 saturated heterocycles. The topological polar surface area (TPSA) is 78.4 Å². The number of nitrogens with one attached hydrogen (secondary N) is 2. The van der Waals surface area contributed by atoms with Crippen molar-refractivity contribution >= 4 is 11.9 Å². The summed E-state index contributed by atoms with van der Waals surface area (Å²) in [4.78, 5) is 22.8. The summed E-state index contributed by atoms with van der Waals surface area (Å²) < 4.78 is 0. The van der Waals surface area contributed by atoms with E-state index in [1.807, 2.05) is 30.3 Å². The van der Waals surface area contributed by atoms with E-state index in [1.165, 1.54) is 0 Å². The molecule has 1 fully saturated rings. The molecule has 5 heteroatoms. The Labute approximate surface area is 124 Å². The van der Waals surface area contributed by atoms with E-state index < -0.39 is 11.9 Å². The van der Waals surface area contributed by atoms with Crippen LogP contribution >= 0.6 is 0 Å². The molecule has 5 nitrogen and oxygen atoms in total. The van der Waals surface area contributed by atoms with Crippen molar-refractivity contribution in [2.24, 2.45) is 0 Å². The van der Waals surface area contributed by atoms with Crippen LogP contribution in [0.5, 0.6) is 0 Å². The van der Waals surface area contributed by atoms with E-state index in [-0.39, 0.29) is 5.91 Å². The molecule has 1 aliphatic carbocycles. The number of amides is 1. The second kappa shape index (κ2) is 7.78. The Kier molecular flexibility index (Phi) is 5.75. The summed E-state index contributed by atoms with van der Waals surface area (Å²) >= 11 is 0. The minimum absolute atomic E-state index is 0.0946. The highest BCUT2D eigenvalue weighted by Gasteiger charge is 2.23. The molecule has 1 aromatic rings. The molecule has 114 valence electrons. The first-order valence-electron chi connectivity index (χ1n) is 7.44. The lowest BCUT2D eigenvalue weighted by Crippen LogP contribution is -2.29. The number of benzene rings is 1. The molecular weight excluding hydrogens is 268 g/mol. The zero-order valence-corrected chi connectivity index (χ0v) is 12.0. The molecule has 1 amide bonds. The quantitative estimate of drug-likeness (QED) is 0.602. The summed E-state index contributed by atoms with van der Waals surface area (Å²) in [5, 5.41) is 15.3. The lowest BCUT2D eigenvalue weighted by molar-refractivity contribution is -0.138. The molecule has 0 aliphatic heterocycles. The van der Waals surface area contributed by atoms with Gasteiger partial charge in [-0.2, -0.15) is 0 Å². The number of aliphatic carboxylic acids is 1. The van der Waals surface area contributed by atoms with Gasteiger partial charge in [0.25, 0.3) is 0 Å². The van der Waals surface area contributed by atoms with Crippen LogP contribution in [-0.2, 0) is 9.59 Å². The summed E-state index contributed by atoms with van der Waals surface area (Å²) in [6, 6.07) is 9.60. The van der Waals surface area contributed by atoms with E-state index in [1.54, 1.807) is 0 Å². The number of carbonyl (C=O) groups is 2. The molecule has 3 N–H and O–H groups in total. The van der Waals surface area contributed by atoms with Crippen molar-refractivity contribution in [3.8, 4) is 0 Å². The molecule has 0 spiro atoms. The first-order valence-corrected chi connectivity index (χ1v) is 7.44. The molecule has 1 saturated carbocycles. The van der Waals surface area contributed by atoms with E-state index in [4.69, 9.17) is 0 Å². The SMILES string of the molecule is O=C(CCCNCC(C(=O)O)c1ccccc1)NC1CC1. The van der Waals surface area contributed by atoms with Gasteiger partial charge < -0.3 is 15.7 Å². The first-order chi connectivity index (χ1) is 10.2. The van der Waals surface area contributed by atoms with E-state index in [9.17, 15) is 14.7 Å². The summed E-state index contributed by atoms with van der Waals surface area (Å²) in [6.07, 6.45) is 3.41. The Morgan fingerprint density at radius 1 is 1.24 bits per heavy atom. The number of hydrogen-bond acceptors (Lipinski definition) is 3. The standard InChI is InChI=1S/C16H22N2O3/c19-15(18-13-8-9-13)7-4-10-17-11-14(16(20)21)12-5-2-1-3-6-12/h1-3,5-6,13-14,17H,4,7-11H2,(H,18,19)(H,20,21). The van der Waals surface area contributed by atoms with Gasteiger partial charge in [0.1, 0.15) is 0 Å². The zero-order chi connectivity index (χ0) is 15.1. The molecule has 0 heterocycles. The summed E-state index contributed by atoms with van der Waals surface area (Å²) in [5.41, 5.74) is 0.795. The van der Waals surface area contributed by atoms with E-state index >= 15 is 0 Å². The van der Waals surface area contributed by atoms with Gasteiger partial charge in [0.2, 0.25) is 5.91 Å². The van der Waals surface area contributed by atoms with Gasteiger partial charge in [-0.25, -0.2) is 0 Å². The van der Waals surface area contributed by atoms with Gasteiger partial charge in [0.05, 0.1) is 5.92 Å². The molecule has 21 heavy (non-hydrogen) atoms.